The Morgan fingerprint density at radius 2 is 1.95 bits per heavy atom. The van der Waals surface area contributed by atoms with Gasteiger partial charge < -0.3 is 5.11 Å². The van der Waals surface area contributed by atoms with Crippen molar-refractivity contribution in [2.75, 3.05) is 0 Å². The molecule has 19 heavy (non-hydrogen) atoms. The standard InChI is InChI=1S/C17H17FO/c1-12-9-14(11-15(18)10-12)17(19)8-4-6-13-5-2-3-7-16(13)17/h2-3,5,7,9-11,19H,4,6,8H2,1H3. The summed E-state index contributed by atoms with van der Waals surface area (Å²) >= 11 is 0. The van der Waals surface area contributed by atoms with Crippen molar-refractivity contribution in [3.05, 3.63) is 70.5 Å². The number of halogens is 1. The predicted octanol–water partition coefficient (Wildman–Crippen LogP) is 3.71. The van der Waals surface area contributed by atoms with Crippen LogP contribution in [0.1, 0.15) is 35.1 Å². The fourth-order valence-corrected chi connectivity index (χ4v) is 3.09. The Morgan fingerprint density at radius 1 is 1.16 bits per heavy atom. The molecule has 0 spiro atoms. The van der Waals surface area contributed by atoms with E-state index in [-0.39, 0.29) is 5.82 Å². The summed E-state index contributed by atoms with van der Waals surface area (Å²) in [5, 5.41) is 11.1. The molecule has 1 aliphatic carbocycles. The summed E-state index contributed by atoms with van der Waals surface area (Å²) in [6.45, 7) is 1.85. The van der Waals surface area contributed by atoms with E-state index in [9.17, 15) is 9.50 Å². The average molecular weight is 256 g/mol. The highest BCUT2D eigenvalue weighted by atomic mass is 19.1. The highest BCUT2D eigenvalue weighted by Gasteiger charge is 2.36. The number of aliphatic hydroxyl groups is 1. The number of benzene rings is 2. The van der Waals surface area contributed by atoms with Crippen molar-refractivity contribution in [3.63, 3.8) is 0 Å². The molecule has 3 rings (SSSR count). The molecular weight excluding hydrogens is 239 g/mol. The summed E-state index contributed by atoms with van der Waals surface area (Å²) in [7, 11) is 0. The van der Waals surface area contributed by atoms with Gasteiger partial charge in [0.2, 0.25) is 0 Å². The van der Waals surface area contributed by atoms with Gasteiger partial charge in [-0.15, -0.1) is 0 Å². The minimum Gasteiger partial charge on any atom is -0.380 e. The van der Waals surface area contributed by atoms with E-state index in [4.69, 9.17) is 0 Å². The normalized spacial score (nSPS) is 22.1. The van der Waals surface area contributed by atoms with E-state index >= 15 is 0 Å². The summed E-state index contributed by atoms with van der Waals surface area (Å²) in [6, 6.07) is 12.7. The highest BCUT2D eigenvalue weighted by Crippen LogP contribution is 2.40. The van der Waals surface area contributed by atoms with E-state index in [1.807, 2.05) is 37.3 Å². The molecule has 0 bridgehead atoms. The third-order valence-electron chi connectivity index (χ3n) is 3.97. The van der Waals surface area contributed by atoms with E-state index in [1.54, 1.807) is 0 Å². The molecule has 0 saturated carbocycles. The fraction of sp³-hybridized carbons (Fsp3) is 0.294. The topological polar surface area (TPSA) is 20.2 Å². The summed E-state index contributed by atoms with van der Waals surface area (Å²) in [6.07, 6.45) is 2.54. The maximum atomic E-state index is 13.6. The Morgan fingerprint density at radius 3 is 2.74 bits per heavy atom. The van der Waals surface area contributed by atoms with Crippen molar-refractivity contribution in [2.24, 2.45) is 0 Å². The van der Waals surface area contributed by atoms with Crippen molar-refractivity contribution in [2.45, 2.75) is 31.8 Å². The minimum atomic E-state index is -1.05. The van der Waals surface area contributed by atoms with Crippen LogP contribution >= 0.6 is 0 Å². The van der Waals surface area contributed by atoms with Crippen LogP contribution in [-0.2, 0) is 12.0 Å². The van der Waals surface area contributed by atoms with Crippen LogP contribution in [0.4, 0.5) is 4.39 Å². The molecule has 2 aromatic rings. The molecule has 0 radical (unpaired) electrons. The van der Waals surface area contributed by atoms with Crippen LogP contribution in [-0.4, -0.2) is 5.11 Å². The molecule has 2 heteroatoms. The Balaban J connectivity index is 2.18. The Bertz CT molecular complexity index is 600. The van der Waals surface area contributed by atoms with Gasteiger partial charge in [-0.2, -0.15) is 0 Å². The van der Waals surface area contributed by atoms with Gasteiger partial charge in [0, 0.05) is 0 Å². The first-order valence-corrected chi connectivity index (χ1v) is 6.68. The molecule has 1 nitrogen and oxygen atoms in total. The predicted molar refractivity (Wildman–Crippen MR) is 73.5 cm³/mol. The van der Waals surface area contributed by atoms with Crippen LogP contribution in [0.2, 0.25) is 0 Å². The molecule has 0 aromatic heterocycles. The first-order valence-electron chi connectivity index (χ1n) is 6.68. The lowest BCUT2D eigenvalue weighted by Crippen LogP contribution is -2.32. The molecule has 0 amide bonds. The zero-order valence-corrected chi connectivity index (χ0v) is 11.0. The third kappa shape index (κ3) is 2.06. The minimum absolute atomic E-state index is 0.286. The van der Waals surface area contributed by atoms with Crippen molar-refractivity contribution in [1.82, 2.24) is 0 Å². The molecule has 2 aromatic carbocycles. The monoisotopic (exact) mass is 256 g/mol. The number of aryl methyl sites for hydroxylation is 2. The molecule has 1 unspecified atom stereocenters. The lowest BCUT2D eigenvalue weighted by atomic mass is 9.75. The molecule has 1 aliphatic rings. The third-order valence-corrected chi connectivity index (χ3v) is 3.97. The van der Waals surface area contributed by atoms with Gasteiger partial charge in [-0.1, -0.05) is 30.3 Å². The molecule has 1 N–H and O–H groups in total. The van der Waals surface area contributed by atoms with Gasteiger partial charge in [0.05, 0.1) is 0 Å². The zero-order chi connectivity index (χ0) is 13.5. The zero-order valence-electron chi connectivity index (χ0n) is 11.0. The number of fused-ring (bicyclic) bond motifs is 1. The largest absolute Gasteiger partial charge is 0.380 e. The van der Waals surface area contributed by atoms with Crippen LogP contribution in [0, 0.1) is 12.7 Å². The van der Waals surface area contributed by atoms with E-state index < -0.39 is 5.60 Å². The van der Waals surface area contributed by atoms with E-state index in [1.165, 1.54) is 12.1 Å². The fourth-order valence-electron chi connectivity index (χ4n) is 3.09. The van der Waals surface area contributed by atoms with Gasteiger partial charge in [0.15, 0.2) is 0 Å². The SMILES string of the molecule is Cc1cc(F)cc(C2(O)CCCc3ccccc32)c1. The van der Waals surface area contributed by atoms with Gasteiger partial charge in [-0.05, 0) is 60.6 Å². The second-order valence-corrected chi connectivity index (χ2v) is 5.39. The van der Waals surface area contributed by atoms with Crippen LogP contribution in [0.5, 0.6) is 0 Å². The van der Waals surface area contributed by atoms with Crippen LogP contribution in [0.15, 0.2) is 42.5 Å². The molecule has 0 fully saturated rings. The molecule has 1 atom stereocenters. The molecule has 0 heterocycles. The van der Waals surface area contributed by atoms with Crippen LogP contribution in [0.3, 0.4) is 0 Å². The van der Waals surface area contributed by atoms with Gasteiger partial charge in [0.1, 0.15) is 11.4 Å². The van der Waals surface area contributed by atoms with Crippen molar-refractivity contribution in [1.29, 1.82) is 0 Å². The summed E-state index contributed by atoms with van der Waals surface area (Å²) in [5.74, 6) is -0.286. The van der Waals surface area contributed by atoms with Gasteiger partial charge in [-0.3, -0.25) is 0 Å². The van der Waals surface area contributed by atoms with Crippen LogP contribution < -0.4 is 0 Å². The number of hydrogen-bond acceptors (Lipinski definition) is 1. The second kappa shape index (κ2) is 4.46. The molecule has 0 saturated heterocycles. The number of hydrogen-bond donors (Lipinski definition) is 1. The first kappa shape index (κ1) is 12.4. The maximum Gasteiger partial charge on any atom is 0.123 e. The Kier molecular flexibility index (Phi) is 2.90. The molecule has 0 aliphatic heterocycles. The van der Waals surface area contributed by atoms with Crippen LogP contribution in [0.25, 0.3) is 0 Å². The van der Waals surface area contributed by atoms with E-state index in [0.717, 1.165) is 29.5 Å². The molecular formula is C17H17FO. The maximum absolute atomic E-state index is 13.6. The van der Waals surface area contributed by atoms with Gasteiger partial charge in [0.25, 0.3) is 0 Å². The molecule has 98 valence electrons. The summed E-state index contributed by atoms with van der Waals surface area (Å²) in [5.41, 5.74) is 2.54. The van der Waals surface area contributed by atoms with Gasteiger partial charge >= 0.3 is 0 Å². The van der Waals surface area contributed by atoms with Crippen molar-refractivity contribution in [3.8, 4) is 0 Å². The average Bonchev–Trinajstić information content (AvgIpc) is 2.38. The lowest BCUT2D eigenvalue weighted by Gasteiger charge is -2.35. The number of rotatable bonds is 1. The van der Waals surface area contributed by atoms with Crippen molar-refractivity contribution < 1.29 is 9.50 Å². The lowest BCUT2D eigenvalue weighted by molar-refractivity contribution is 0.0612. The Labute approximate surface area is 112 Å². The quantitative estimate of drug-likeness (QED) is 0.824. The summed E-state index contributed by atoms with van der Waals surface area (Å²) < 4.78 is 13.6. The van der Waals surface area contributed by atoms with E-state index in [0.29, 0.717) is 12.0 Å². The van der Waals surface area contributed by atoms with Crippen molar-refractivity contribution >= 4 is 0 Å². The smallest absolute Gasteiger partial charge is 0.123 e. The Hall–Kier alpha value is -1.67. The van der Waals surface area contributed by atoms with E-state index in [2.05, 4.69) is 0 Å². The first-order chi connectivity index (χ1) is 9.09. The highest BCUT2D eigenvalue weighted by molar-refractivity contribution is 5.43. The summed E-state index contributed by atoms with van der Waals surface area (Å²) in [4.78, 5) is 0. The second-order valence-electron chi connectivity index (χ2n) is 5.39. The van der Waals surface area contributed by atoms with Gasteiger partial charge in [-0.25, -0.2) is 4.39 Å².